The summed E-state index contributed by atoms with van der Waals surface area (Å²) in [6.45, 7) is 7.64. The van der Waals surface area contributed by atoms with E-state index in [1.54, 1.807) is 7.05 Å². The average Bonchev–Trinajstić information content (AvgIpc) is 3.07. The molecule has 1 aliphatic rings. The van der Waals surface area contributed by atoms with Crippen molar-refractivity contribution in [2.45, 2.75) is 39.2 Å². The molecular formula is C19H32IN7. The van der Waals surface area contributed by atoms with Crippen molar-refractivity contribution >= 4 is 35.6 Å². The first-order valence-electron chi connectivity index (χ1n) is 9.72. The van der Waals surface area contributed by atoms with Gasteiger partial charge < -0.3 is 15.5 Å². The van der Waals surface area contributed by atoms with Gasteiger partial charge in [0.05, 0.1) is 6.54 Å². The van der Waals surface area contributed by atoms with Gasteiger partial charge >= 0.3 is 0 Å². The molecule has 2 aromatic heterocycles. The van der Waals surface area contributed by atoms with Gasteiger partial charge in [-0.25, -0.2) is 0 Å². The van der Waals surface area contributed by atoms with E-state index >= 15 is 0 Å². The Morgan fingerprint density at radius 3 is 2.96 bits per heavy atom. The Labute approximate surface area is 179 Å². The molecule has 27 heavy (non-hydrogen) atoms. The molecule has 0 radical (unpaired) electrons. The smallest absolute Gasteiger partial charge is 0.191 e. The van der Waals surface area contributed by atoms with Crippen molar-refractivity contribution in [3.05, 3.63) is 30.2 Å². The SMILES string of the molecule is CN=C(NCCCCN1CCCC(C)C1)NCc1nnc2ccccn12.I. The Bertz CT molecular complexity index is 715. The van der Waals surface area contributed by atoms with Crippen molar-refractivity contribution in [2.24, 2.45) is 10.9 Å². The predicted octanol–water partition coefficient (Wildman–Crippen LogP) is 2.52. The van der Waals surface area contributed by atoms with Crippen LogP contribution in [0.3, 0.4) is 0 Å². The molecule has 1 saturated heterocycles. The van der Waals surface area contributed by atoms with Crippen molar-refractivity contribution in [3.63, 3.8) is 0 Å². The van der Waals surface area contributed by atoms with Crippen molar-refractivity contribution in [2.75, 3.05) is 33.2 Å². The third kappa shape index (κ3) is 6.60. The van der Waals surface area contributed by atoms with Crippen molar-refractivity contribution in [3.8, 4) is 0 Å². The number of aromatic nitrogens is 3. The molecule has 3 rings (SSSR count). The number of halogens is 1. The van der Waals surface area contributed by atoms with Crippen LogP contribution in [0.5, 0.6) is 0 Å². The lowest BCUT2D eigenvalue weighted by molar-refractivity contribution is 0.181. The van der Waals surface area contributed by atoms with E-state index in [0.29, 0.717) is 6.54 Å². The molecule has 0 amide bonds. The van der Waals surface area contributed by atoms with Gasteiger partial charge in [0.15, 0.2) is 17.4 Å². The zero-order chi connectivity index (χ0) is 18.2. The Hall–Kier alpha value is -1.42. The lowest BCUT2D eigenvalue weighted by Gasteiger charge is -2.30. The maximum absolute atomic E-state index is 4.29. The first-order chi connectivity index (χ1) is 12.8. The number of piperidine rings is 1. The molecule has 1 aliphatic heterocycles. The summed E-state index contributed by atoms with van der Waals surface area (Å²) in [6.07, 6.45) is 7.10. The fourth-order valence-corrected chi connectivity index (χ4v) is 3.55. The van der Waals surface area contributed by atoms with E-state index < -0.39 is 0 Å². The van der Waals surface area contributed by atoms with Gasteiger partial charge in [-0.2, -0.15) is 0 Å². The molecule has 1 fully saturated rings. The number of nitrogens with one attached hydrogen (secondary N) is 2. The van der Waals surface area contributed by atoms with Gasteiger partial charge in [-0.05, 0) is 56.8 Å². The molecule has 3 heterocycles. The Kier molecular flexibility index (Phi) is 9.26. The largest absolute Gasteiger partial charge is 0.356 e. The van der Waals surface area contributed by atoms with Gasteiger partial charge in [0.25, 0.3) is 0 Å². The minimum absolute atomic E-state index is 0. The third-order valence-electron chi connectivity index (χ3n) is 4.96. The summed E-state index contributed by atoms with van der Waals surface area (Å²) in [4.78, 5) is 6.90. The summed E-state index contributed by atoms with van der Waals surface area (Å²) in [5.41, 5.74) is 0.860. The fraction of sp³-hybridized carbons (Fsp3) is 0.632. The summed E-state index contributed by atoms with van der Waals surface area (Å²) in [6, 6.07) is 5.90. The molecule has 0 spiro atoms. The van der Waals surface area contributed by atoms with Crippen LogP contribution in [-0.2, 0) is 6.54 Å². The summed E-state index contributed by atoms with van der Waals surface area (Å²) < 4.78 is 1.99. The summed E-state index contributed by atoms with van der Waals surface area (Å²) >= 11 is 0. The zero-order valence-corrected chi connectivity index (χ0v) is 18.7. The van der Waals surface area contributed by atoms with E-state index in [2.05, 4.69) is 37.6 Å². The molecule has 0 aliphatic carbocycles. The number of likely N-dealkylation sites (tertiary alicyclic amines) is 1. The molecule has 0 saturated carbocycles. The van der Waals surface area contributed by atoms with Crippen LogP contribution in [0.4, 0.5) is 0 Å². The first-order valence-corrected chi connectivity index (χ1v) is 9.72. The van der Waals surface area contributed by atoms with Crippen LogP contribution >= 0.6 is 24.0 Å². The van der Waals surface area contributed by atoms with Crippen LogP contribution < -0.4 is 10.6 Å². The minimum atomic E-state index is 0. The molecule has 7 nitrogen and oxygen atoms in total. The summed E-state index contributed by atoms with van der Waals surface area (Å²) in [5, 5.41) is 15.1. The minimum Gasteiger partial charge on any atom is -0.356 e. The van der Waals surface area contributed by atoms with E-state index in [-0.39, 0.29) is 24.0 Å². The maximum atomic E-state index is 4.29. The molecule has 2 N–H and O–H groups in total. The number of rotatable bonds is 7. The van der Waals surface area contributed by atoms with Crippen molar-refractivity contribution in [1.29, 1.82) is 0 Å². The number of pyridine rings is 1. The molecule has 8 heteroatoms. The molecule has 0 aromatic carbocycles. The van der Waals surface area contributed by atoms with Crippen LogP contribution in [0.15, 0.2) is 29.4 Å². The van der Waals surface area contributed by atoms with Gasteiger partial charge in [-0.1, -0.05) is 13.0 Å². The summed E-state index contributed by atoms with van der Waals surface area (Å²) in [7, 11) is 1.80. The third-order valence-corrected chi connectivity index (χ3v) is 4.96. The van der Waals surface area contributed by atoms with Crippen LogP contribution in [-0.4, -0.2) is 58.7 Å². The van der Waals surface area contributed by atoms with E-state index in [1.807, 2.05) is 28.8 Å². The van der Waals surface area contributed by atoms with E-state index in [9.17, 15) is 0 Å². The van der Waals surface area contributed by atoms with Crippen molar-refractivity contribution < 1.29 is 0 Å². The number of guanidine groups is 1. The fourth-order valence-electron chi connectivity index (χ4n) is 3.55. The average molecular weight is 485 g/mol. The Morgan fingerprint density at radius 2 is 2.15 bits per heavy atom. The number of aliphatic imine (C=N–C) groups is 1. The molecule has 150 valence electrons. The van der Waals surface area contributed by atoms with E-state index in [1.165, 1.54) is 38.9 Å². The number of fused-ring (bicyclic) bond motifs is 1. The normalized spacial score (nSPS) is 18.3. The second-order valence-electron chi connectivity index (χ2n) is 7.15. The van der Waals surface area contributed by atoms with Crippen molar-refractivity contribution in [1.82, 2.24) is 30.1 Å². The first kappa shape index (κ1) is 21.9. The predicted molar refractivity (Wildman–Crippen MR) is 121 cm³/mol. The topological polar surface area (TPSA) is 69.8 Å². The van der Waals surface area contributed by atoms with E-state index in [4.69, 9.17) is 0 Å². The second-order valence-corrected chi connectivity index (χ2v) is 7.15. The lowest BCUT2D eigenvalue weighted by Crippen LogP contribution is -2.38. The monoisotopic (exact) mass is 485 g/mol. The summed E-state index contributed by atoms with van der Waals surface area (Å²) in [5.74, 6) is 2.55. The van der Waals surface area contributed by atoms with Gasteiger partial charge in [-0.15, -0.1) is 34.2 Å². The lowest BCUT2D eigenvalue weighted by atomic mass is 10.0. The second kappa shape index (κ2) is 11.4. The van der Waals surface area contributed by atoms with Crippen LogP contribution in [0, 0.1) is 5.92 Å². The number of unbranched alkanes of at least 4 members (excludes halogenated alkanes) is 1. The molecule has 1 unspecified atom stereocenters. The Balaban J connectivity index is 0.00000261. The quantitative estimate of drug-likeness (QED) is 0.273. The number of hydrogen-bond donors (Lipinski definition) is 2. The van der Waals surface area contributed by atoms with Crippen LogP contribution in [0.25, 0.3) is 5.65 Å². The highest BCUT2D eigenvalue weighted by molar-refractivity contribution is 14.0. The Morgan fingerprint density at radius 1 is 1.26 bits per heavy atom. The molecule has 0 bridgehead atoms. The van der Waals surface area contributed by atoms with Gasteiger partial charge in [0, 0.05) is 26.3 Å². The molecule has 1 atom stereocenters. The van der Waals surface area contributed by atoms with Gasteiger partial charge in [0.2, 0.25) is 0 Å². The highest BCUT2D eigenvalue weighted by Crippen LogP contribution is 2.15. The van der Waals surface area contributed by atoms with E-state index in [0.717, 1.165) is 36.3 Å². The zero-order valence-electron chi connectivity index (χ0n) is 16.4. The van der Waals surface area contributed by atoms with Gasteiger partial charge in [-0.3, -0.25) is 9.39 Å². The highest BCUT2D eigenvalue weighted by atomic mass is 127. The highest BCUT2D eigenvalue weighted by Gasteiger charge is 2.15. The number of hydrogen-bond acceptors (Lipinski definition) is 4. The standard InChI is InChI=1S/C19H31N7.HI/c1-16-8-7-12-25(15-16)11-6-4-10-21-19(20-2)22-14-18-24-23-17-9-3-5-13-26(17)18;/h3,5,9,13,16H,4,6-8,10-12,14-15H2,1-2H3,(H2,20,21,22);1H. The van der Waals surface area contributed by atoms with Gasteiger partial charge in [0.1, 0.15) is 0 Å². The molecule has 2 aromatic rings. The molecular weight excluding hydrogens is 453 g/mol. The van der Waals surface area contributed by atoms with Crippen LogP contribution in [0.1, 0.15) is 38.4 Å². The van der Waals surface area contributed by atoms with Crippen LogP contribution in [0.2, 0.25) is 0 Å². The maximum Gasteiger partial charge on any atom is 0.191 e. The number of nitrogens with zero attached hydrogens (tertiary/aromatic N) is 5.